The van der Waals surface area contributed by atoms with E-state index in [-0.39, 0.29) is 6.42 Å². The lowest BCUT2D eigenvalue weighted by Gasteiger charge is -2.28. The average Bonchev–Trinajstić information content (AvgIpc) is 2.94. The first-order chi connectivity index (χ1) is 19.9. The van der Waals surface area contributed by atoms with Crippen molar-refractivity contribution in [3.05, 3.63) is 101 Å². The molecule has 0 aliphatic carbocycles. The van der Waals surface area contributed by atoms with Crippen LogP contribution in [0.4, 0.5) is 13.2 Å². The quantitative estimate of drug-likeness (QED) is 0.250. The molecule has 0 spiro atoms. The van der Waals surface area contributed by atoms with Crippen LogP contribution in [0.25, 0.3) is 0 Å². The Morgan fingerprint density at radius 3 is 2.10 bits per heavy atom. The van der Waals surface area contributed by atoms with Gasteiger partial charge < -0.3 is 20.7 Å². The van der Waals surface area contributed by atoms with Crippen molar-refractivity contribution >= 4 is 29.3 Å². The second-order valence-corrected chi connectivity index (χ2v) is 10.6. The van der Waals surface area contributed by atoms with E-state index in [4.69, 9.17) is 16.3 Å². The minimum Gasteiger partial charge on any atom is -0.497 e. The molecule has 3 N–H and O–H groups in total. The molecule has 0 radical (unpaired) electrons. The molecule has 11 heteroatoms. The van der Waals surface area contributed by atoms with E-state index < -0.39 is 54.4 Å². The Kier molecular flexibility index (Phi) is 11.4. The van der Waals surface area contributed by atoms with Gasteiger partial charge in [0.15, 0.2) is 0 Å². The minimum absolute atomic E-state index is 0.0324. The second kappa shape index (κ2) is 14.7. The van der Waals surface area contributed by atoms with Crippen LogP contribution in [-0.4, -0.2) is 43.1 Å². The summed E-state index contributed by atoms with van der Waals surface area (Å²) in [4.78, 5) is 40.2. The molecule has 0 bridgehead atoms. The molecule has 0 aliphatic rings. The summed E-state index contributed by atoms with van der Waals surface area (Å²) in [6.07, 6.45) is -5.71. The number of methoxy groups -OCH3 is 1. The molecule has 2 unspecified atom stereocenters. The van der Waals surface area contributed by atoms with Crippen molar-refractivity contribution in [3.8, 4) is 5.75 Å². The minimum atomic E-state index is -4.51. The first kappa shape index (κ1) is 32.5. The molecular weight excluding hydrogens is 571 g/mol. The Labute approximate surface area is 247 Å². The lowest BCUT2D eigenvalue weighted by Crippen LogP contribution is -2.52. The molecule has 7 nitrogen and oxygen atoms in total. The predicted molar refractivity (Wildman–Crippen MR) is 154 cm³/mol. The number of halogens is 4. The van der Waals surface area contributed by atoms with E-state index in [1.165, 1.54) is 19.2 Å². The molecule has 0 fully saturated rings. The van der Waals surface area contributed by atoms with Crippen molar-refractivity contribution in [2.24, 2.45) is 5.92 Å². The number of ether oxygens (including phenoxy) is 1. The van der Waals surface area contributed by atoms with Crippen LogP contribution in [0.1, 0.15) is 47.8 Å². The van der Waals surface area contributed by atoms with Gasteiger partial charge >= 0.3 is 6.18 Å². The maximum absolute atomic E-state index is 13.7. The largest absolute Gasteiger partial charge is 0.497 e. The van der Waals surface area contributed by atoms with Crippen molar-refractivity contribution in [1.82, 2.24) is 16.0 Å². The second-order valence-electron chi connectivity index (χ2n) is 10.1. The fourth-order valence-corrected chi connectivity index (χ4v) is 4.46. The average molecular weight is 604 g/mol. The van der Waals surface area contributed by atoms with Gasteiger partial charge in [-0.1, -0.05) is 67.9 Å². The molecule has 0 aliphatic heterocycles. The SMILES string of the molecule is COc1ccc(C(NC(=O)C(Cc2cccc(Cl)c2)NC(=O)c2ccccc2)C(=O)N[C@H](CC(F)(F)F)C(C)C)cc1. The van der Waals surface area contributed by atoms with Crippen LogP contribution < -0.4 is 20.7 Å². The number of carbonyl (C=O) groups is 3. The third-order valence-electron chi connectivity index (χ3n) is 6.57. The standard InChI is InChI=1S/C31H33ClF3N3O4/c1-19(2)26(18-31(33,34)35)37-30(41)27(21-12-14-24(42-3)15-13-21)38-29(40)25(17-20-8-7-11-23(32)16-20)36-28(39)22-9-5-4-6-10-22/h4-16,19,25-27H,17-18H2,1-3H3,(H,36,39)(H,37,41)(H,38,40)/t25?,26-,27?/m1/s1. The summed E-state index contributed by atoms with van der Waals surface area (Å²) in [7, 11) is 1.46. The van der Waals surface area contributed by atoms with Crippen LogP contribution in [0, 0.1) is 5.92 Å². The van der Waals surface area contributed by atoms with Gasteiger partial charge in [-0.2, -0.15) is 13.2 Å². The topological polar surface area (TPSA) is 96.5 Å². The number of benzene rings is 3. The first-order valence-electron chi connectivity index (χ1n) is 13.3. The summed E-state index contributed by atoms with van der Waals surface area (Å²) in [5.74, 6) is -2.12. The van der Waals surface area contributed by atoms with Gasteiger partial charge in [0.2, 0.25) is 11.8 Å². The van der Waals surface area contributed by atoms with Gasteiger partial charge in [-0.25, -0.2) is 0 Å². The fraction of sp³-hybridized carbons (Fsp3) is 0.323. The van der Waals surface area contributed by atoms with Gasteiger partial charge in [-0.3, -0.25) is 14.4 Å². The smallest absolute Gasteiger partial charge is 0.391 e. The number of hydrogen-bond acceptors (Lipinski definition) is 4. The summed E-state index contributed by atoms with van der Waals surface area (Å²) in [6, 6.07) is 17.5. The third-order valence-corrected chi connectivity index (χ3v) is 6.80. The molecule has 3 amide bonds. The highest BCUT2D eigenvalue weighted by Crippen LogP contribution is 2.26. The van der Waals surface area contributed by atoms with Gasteiger partial charge in [0, 0.05) is 23.0 Å². The van der Waals surface area contributed by atoms with Crippen LogP contribution in [-0.2, 0) is 16.0 Å². The Bertz CT molecular complexity index is 1350. The summed E-state index contributed by atoms with van der Waals surface area (Å²) in [5.41, 5.74) is 1.27. The van der Waals surface area contributed by atoms with Crippen molar-refractivity contribution in [2.45, 2.75) is 51.0 Å². The summed E-state index contributed by atoms with van der Waals surface area (Å²) >= 11 is 6.13. The van der Waals surface area contributed by atoms with E-state index in [2.05, 4.69) is 16.0 Å². The Hall–Kier alpha value is -4.05. The van der Waals surface area contributed by atoms with E-state index in [0.717, 1.165) is 0 Å². The number of carbonyl (C=O) groups excluding carboxylic acids is 3. The van der Waals surface area contributed by atoms with Gasteiger partial charge in [-0.15, -0.1) is 0 Å². The van der Waals surface area contributed by atoms with Crippen LogP contribution in [0.15, 0.2) is 78.9 Å². The molecule has 0 aromatic heterocycles. The molecule has 3 aromatic rings. The van der Waals surface area contributed by atoms with E-state index in [1.54, 1.807) is 80.6 Å². The van der Waals surface area contributed by atoms with Crippen molar-refractivity contribution in [2.75, 3.05) is 7.11 Å². The number of rotatable bonds is 12. The highest BCUT2D eigenvalue weighted by atomic mass is 35.5. The summed E-state index contributed by atoms with van der Waals surface area (Å²) in [6.45, 7) is 3.13. The zero-order valence-electron chi connectivity index (χ0n) is 23.4. The maximum atomic E-state index is 13.7. The molecule has 0 saturated heterocycles. The van der Waals surface area contributed by atoms with Gasteiger partial charge in [0.25, 0.3) is 5.91 Å². The van der Waals surface area contributed by atoms with Crippen LogP contribution in [0.5, 0.6) is 5.75 Å². The highest BCUT2D eigenvalue weighted by Gasteiger charge is 2.36. The molecule has 3 atom stereocenters. The molecule has 3 aromatic carbocycles. The number of hydrogen-bond donors (Lipinski definition) is 3. The summed E-state index contributed by atoms with van der Waals surface area (Å²) < 4.78 is 44.9. The lowest BCUT2D eigenvalue weighted by atomic mass is 9.98. The lowest BCUT2D eigenvalue weighted by molar-refractivity contribution is -0.146. The Balaban J connectivity index is 1.93. The normalized spacial score (nSPS) is 13.5. The van der Waals surface area contributed by atoms with E-state index >= 15 is 0 Å². The highest BCUT2D eigenvalue weighted by molar-refractivity contribution is 6.30. The molecule has 0 saturated carbocycles. The Morgan fingerprint density at radius 1 is 0.857 bits per heavy atom. The van der Waals surface area contributed by atoms with Crippen molar-refractivity contribution in [3.63, 3.8) is 0 Å². The van der Waals surface area contributed by atoms with Crippen molar-refractivity contribution < 1.29 is 32.3 Å². The molecule has 3 rings (SSSR count). The third kappa shape index (κ3) is 9.80. The number of amides is 3. The van der Waals surface area contributed by atoms with Crippen LogP contribution in [0.3, 0.4) is 0 Å². The van der Waals surface area contributed by atoms with Crippen LogP contribution >= 0.6 is 11.6 Å². The zero-order valence-corrected chi connectivity index (χ0v) is 24.1. The molecule has 224 valence electrons. The van der Waals surface area contributed by atoms with Gasteiger partial charge in [-0.05, 0) is 53.4 Å². The van der Waals surface area contributed by atoms with Gasteiger partial charge in [0.1, 0.15) is 17.8 Å². The molecule has 0 heterocycles. The predicted octanol–water partition coefficient (Wildman–Crippen LogP) is 5.64. The molecular formula is C31H33ClF3N3O4. The first-order valence-corrected chi connectivity index (χ1v) is 13.7. The van der Waals surface area contributed by atoms with Gasteiger partial charge in [0.05, 0.1) is 13.5 Å². The van der Waals surface area contributed by atoms with E-state index in [0.29, 0.717) is 27.5 Å². The molecule has 42 heavy (non-hydrogen) atoms. The van der Waals surface area contributed by atoms with E-state index in [9.17, 15) is 27.6 Å². The number of nitrogens with one attached hydrogen (secondary N) is 3. The maximum Gasteiger partial charge on any atom is 0.391 e. The van der Waals surface area contributed by atoms with E-state index in [1.807, 2.05) is 0 Å². The Morgan fingerprint density at radius 2 is 1.52 bits per heavy atom. The number of alkyl halides is 3. The summed E-state index contributed by atoms with van der Waals surface area (Å²) in [5, 5.41) is 8.25. The van der Waals surface area contributed by atoms with Crippen LogP contribution in [0.2, 0.25) is 5.02 Å². The zero-order chi connectivity index (χ0) is 30.9. The monoisotopic (exact) mass is 603 g/mol. The fourth-order valence-electron chi connectivity index (χ4n) is 4.25. The van der Waals surface area contributed by atoms with Crippen molar-refractivity contribution in [1.29, 1.82) is 0 Å².